The van der Waals surface area contributed by atoms with E-state index in [1.807, 2.05) is 11.0 Å². The highest BCUT2D eigenvalue weighted by Gasteiger charge is 2.23. The van der Waals surface area contributed by atoms with Crippen LogP contribution >= 0.6 is 0 Å². The molecule has 0 N–H and O–H groups in total. The van der Waals surface area contributed by atoms with Gasteiger partial charge in [0, 0.05) is 31.5 Å². The van der Waals surface area contributed by atoms with Crippen molar-refractivity contribution in [3.8, 4) is 0 Å². The molecule has 5 heteroatoms. The molecule has 0 bridgehead atoms. The van der Waals surface area contributed by atoms with Gasteiger partial charge in [-0.15, -0.1) is 0 Å². The number of carbonyl (C=O) groups excluding carboxylic acids is 1. The molecule has 4 nitrogen and oxygen atoms in total. The average Bonchev–Trinajstić information content (AvgIpc) is 2.68. The maximum absolute atomic E-state index is 13.2. The third-order valence-corrected chi connectivity index (χ3v) is 5.05. The van der Waals surface area contributed by atoms with Crippen LogP contribution in [-0.2, 0) is 6.42 Å². The van der Waals surface area contributed by atoms with Gasteiger partial charge >= 0.3 is 0 Å². The van der Waals surface area contributed by atoms with E-state index in [4.69, 9.17) is 0 Å². The lowest BCUT2D eigenvalue weighted by Gasteiger charge is -2.31. The lowest BCUT2D eigenvalue weighted by atomic mass is 10.0. The van der Waals surface area contributed by atoms with E-state index in [0.29, 0.717) is 5.56 Å². The number of nitrogens with zero attached hydrogens (tertiary/aromatic N) is 3. The molecule has 0 aliphatic carbocycles. The van der Waals surface area contributed by atoms with E-state index in [0.717, 1.165) is 62.4 Å². The molecule has 0 radical (unpaired) electrons. The molecule has 1 aromatic carbocycles. The first-order valence-electron chi connectivity index (χ1n) is 9.04. The number of pyridine rings is 1. The minimum absolute atomic E-state index is 0.0916. The number of benzene rings is 1. The number of piperidine rings is 1. The van der Waals surface area contributed by atoms with Crippen LogP contribution in [0.4, 0.5) is 15.9 Å². The first kappa shape index (κ1) is 16.1. The van der Waals surface area contributed by atoms with E-state index >= 15 is 0 Å². The molecule has 0 saturated carbocycles. The molecule has 1 aromatic heterocycles. The highest BCUT2D eigenvalue weighted by molar-refractivity contribution is 5.94. The molecular formula is C20H22FN3O. The molecule has 0 unspecified atom stereocenters. The number of amides is 1. The van der Waals surface area contributed by atoms with E-state index in [9.17, 15) is 9.18 Å². The van der Waals surface area contributed by atoms with Crippen molar-refractivity contribution in [1.82, 2.24) is 9.88 Å². The van der Waals surface area contributed by atoms with Crippen molar-refractivity contribution >= 4 is 17.4 Å². The Bertz CT molecular complexity index is 769. The van der Waals surface area contributed by atoms with Crippen LogP contribution in [-0.4, -0.2) is 35.4 Å². The van der Waals surface area contributed by atoms with Crippen LogP contribution in [0.1, 0.15) is 41.6 Å². The zero-order valence-electron chi connectivity index (χ0n) is 14.2. The second-order valence-electron chi connectivity index (χ2n) is 6.79. The summed E-state index contributed by atoms with van der Waals surface area (Å²) in [5.41, 5.74) is 2.71. The maximum atomic E-state index is 13.2. The van der Waals surface area contributed by atoms with E-state index < -0.39 is 0 Å². The fourth-order valence-electron chi connectivity index (χ4n) is 3.73. The zero-order chi connectivity index (χ0) is 17.2. The van der Waals surface area contributed by atoms with Crippen molar-refractivity contribution < 1.29 is 9.18 Å². The van der Waals surface area contributed by atoms with Gasteiger partial charge in [-0.3, -0.25) is 4.79 Å². The fourth-order valence-corrected chi connectivity index (χ4v) is 3.73. The number of anilines is 2. The van der Waals surface area contributed by atoms with Crippen molar-refractivity contribution in [2.24, 2.45) is 0 Å². The highest BCUT2D eigenvalue weighted by Crippen LogP contribution is 2.32. The smallest absolute Gasteiger partial charge is 0.255 e. The van der Waals surface area contributed by atoms with Gasteiger partial charge in [0.2, 0.25) is 0 Å². The van der Waals surface area contributed by atoms with Crippen LogP contribution < -0.4 is 4.90 Å². The number of aromatic nitrogens is 1. The van der Waals surface area contributed by atoms with Gasteiger partial charge < -0.3 is 9.80 Å². The third-order valence-electron chi connectivity index (χ3n) is 5.05. The molecular weight excluding hydrogens is 317 g/mol. The van der Waals surface area contributed by atoms with Crippen molar-refractivity contribution in [3.63, 3.8) is 0 Å². The molecule has 2 aliphatic rings. The Balaban J connectivity index is 1.61. The van der Waals surface area contributed by atoms with E-state index in [2.05, 4.69) is 9.88 Å². The summed E-state index contributed by atoms with van der Waals surface area (Å²) >= 11 is 0. The largest absolute Gasteiger partial charge is 0.339 e. The van der Waals surface area contributed by atoms with Gasteiger partial charge in [0.25, 0.3) is 5.91 Å². The second kappa shape index (κ2) is 6.82. The first-order valence-corrected chi connectivity index (χ1v) is 9.04. The van der Waals surface area contributed by atoms with Crippen LogP contribution in [0.3, 0.4) is 0 Å². The quantitative estimate of drug-likeness (QED) is 0.832. The van der Waals surface area contributed by atoms with Gasteiger partial charge in [-0.2, -0.15) is 0 Å². The third kappa shape index (κ3) is 3.23. The number of carbonyl (C=O) groups is 1. The minimum Gasteiger partial charge on any atom is -0.339 e. The van der Waals surface area contributed by atoms with Crippen molar-refractivity contribution in [1.29, 1.82) is 0 Å². The van der Waals surface area contributed by atoms with E-state index in [1.54, 1.807) is 18.3 Å². The lowest BCUT2D eigenvalue weighted by Crippen LogP contribution is -2.36. The van der Waals surface area contributed by atoms with E-state index in [-0.39, 0.29) is 11.7 Å². The summed E-state index contributed by atoms with van der Waals surface area (Å²) in [7, 11) is 0. The summed E-state index contributed by atoms with van der Waals surface area (Å²) < 4.78 is 13.2. The number of hydrogen-bond acceptors (Lipinski definition) is 3. The van der Waals surface area contributed by atoms with Crippen LogP contribution in [0, 0.1) is 5.82 Å². The van der Waals surface area contributed by atoms with Crippen LogP contribution in [0.2, 0.25) is 0 Å². The molecule has 3 heterocycles. The van der Waals surface area contributed by atoms with Gasteiger partial charge in [-0.05, 0) is 68.0 Å². The molecule has 0 spiro atoms. The standard InChI is InChI=1S/C20H22FN3O/c21-17-6-8-18(9-7-17)24-12-4-5-15-13-16(14-22-19(15)24)20(25)23-10-2-1-3-11-23/h6-9,13-14H,1-5,10-12H2. The van der Waals surface area contributed by atoms with Gasteiger partial charge in [0.05, 0.1) is 5.56 Å². The number of halogens is 1. The predicted molar refractivity (Wildman–Crippen MR) is 95.7 cm³/mol. The van der Waals surface area contributed by atoms with Crippen LogP contribution in [0.15, 0.2) is 36.5 Å². The maximum Gasteiger partial charge on any atom is 0.255 e. The van der Waals surface area contributed by atoms with Gasteiger partial charge in [-0.1, -0.05) is 0 Å². The van der Waals surface area contributed by atoms with Crippen molar-refractivity contribution in [2.45, 2.75) is 32.1 Å². The number of fused-ring (bicyclic) bond motifs is 1. The van der Waals surface area contributed by atoms with Gasteiger partial charge in [0.15, 0.2) is 0 Å². The van der Waals surface area contributed by atoms with Gasteiger partial charge in [-0.25, -0.2) is 9.37 Å². The van der Waals surface area contributed by atoms with Crippen LogP contribution in [0.5, 0.6) is 0 Å². The Hall–Kier alpha value is -2.43. The summed E-state index contributed by atoms with van der Waals surface area (Å²) in [5, 5.41) is 0. The Morgan fingerprint density at radius 2 is 1.76 bits per heavy atom. The monoisotopic (exact) mass is 339 g/mol. The molecule has 130 valence electrons. The molecule has 1 fully saturated rings. The Kier molecular flexibility index (Phi) is 4.38. The Morgan fingerprint density at radius 1 is 1.00 bits per heavy atom. The second-order valence-corrected chi connectivity index (χ2v) is 6.79. The molecule has 1 saturated heterocycles. The van der Waals surface area contributed by atoms with Crippen LogP contribution in [0.25, 0.3) is 0 Å². The molecule has 2 aromatic rings. The summed E-state index contributed by atoms with van der Waals surface area (Å²) in [4.78, 5) is 21.3. The van der Waals surface area contributed by atoms with E-state index in [1.165, 1.54) is 18.6 Å². The van der Waals surface area contributed by atoms with Crippen molar-refractivity contribution in [2.75, 3.05) is 24.5 Å². The fraction of sp³-hybridized carbons (Fsp3) is 0.400. The number of rotatable bonds is 2. The lowest BCUT2D eigenvalue weighted by molar-refractivity contribution is 0.0724. The number of likely N-dealkylation sites (tertiary alicyclic amines) is 1. The number of aryl methyl sites for hydroxylation is 1. The predicted octanol–water partition coefficient (Wildman–Crippen LogP) is 3.93. The summed E-state index contributed by atoms with van der Waals surface area (Å²) in [6, 6.07) is 8.49. The van der Waals surface area contributed by atoms with Gasteiger partial charge in [0.1, 0.15) is 11.6 Å². The topological polar surface area (TPSA) is 36.4 Å². The van der Waals surface area contributed by atoms with Crippen molar-refractivity contribution in [3.05, 3.63) is 53.5 Å². The summed E-state index contributed by atoms with van der Waals surface area (Å²) in [6.45, 7) is 2.54. The average molecular weight is 339 g/mol. The molecule has 25 heavy (non-hydrogen) atoms. The zero-order valence-corrected chi connectivity index (χ0v) is 14.2. The first-order chi connectivity index (χ1) is 12.2. The molecule has 4 rings (SSSR count). The Morgan fingerprint density at radius 3 is 2.52 bits per heavy atom. The summed E-state index contributed by atoms with van der Waals surface area (Å²) in [5.74, 6) is 0.735. The normalized spacial score (nSPS) is 17.3. The molecule has 1 amide bonds. The SMILES string of the molecule is O=C(c1cnc2c(c1)CCCN2c1ccc(F)cc1)N1CCCCC1. The highest BCUT2D eigenvalue weighted by atomic mass is 19.1. The molecule has 0 atom stereocenters. The summed E-state index contributed by atoms with van der Waals surface area (Å²) in [6.07, 6.45) is 6.98. The Labute approximate surface area is 147 Å². The number of hydrogen-bond donors (Lipinski definition) is 0. The molecule has 2 aliphatic heterocycles. The minimum atomic E-state index is -0.239.